The molecule has 2 fully saturated rings. The van der Waals surface area contributed by atoms with E-state index in [1.54, 1.807) is 0 Å². The van der Waals surface area contributed by atoms with Crippen LogP contribution in [0, 0.1) is 30.6 Å². The van der Waals surface area contributed by atoms with Gasteiger partial charge < -0.3 is 5.32 Å². The fourth-order valence-electron chi connectivity index (χ4n) is 5.28. The fraction of sp³-hybridized carbons (Fsp3) is 0.700. The molecule has 0 radical (unpaired) electrons. The van der Waals surface area contributed by atoms with Crippen molar-refractivity contribution in [3.05, 3.63) is 34.9 Å². The number of fused-ring (bicyclic) bond motifs is 2. The van der Waals surface area contributed by atoms with Crippen LogP contribution in [0.5, 0.6) is 0 Å². The van der Waals surface area contributed by atoms with Crippen molar-refractivity contribution < 1.29 is 0 Å². The van der Waals surface area contributed by atoms with Crippen molar-refractivity contribution in [3.8, 4) is 0 Å². The van der Waals surface area contributed by atoms with Gasteiger partial charge in [0.05, 0.1) is 0 Å². The lowest BCUT2D eigenvalue weighted by atomic mass is 9.68. The third kappa shape index (κ3) is 2.34. The maximum atomic E-state index is 4.03. The van der Waals surface area contributed by atoms with E-state index < -0.39 is 0 Å². The van der Waals surface area contributed by atoms with Gasteiger partial charge in [0.15, 0.2) is 0 Å². The summed E-state index contributed by atoms with van der Waals surface area (Å²) in [5.74, 6) is 0.908. The normalized spacial score (nSPS) is 35.1. The Labute approximate surface area is 130 Å². The van der Waals surface area contributed by atoms with E-state index in [4.69, 9.17) is 0 Å². The average Bonchev–Trinajstić information content (AvgIpc) is 2.88. The predicted octanol–water partition coefficient (Wildman–Crippen LogP) is 5.17. The first-order valence-electron chi connectivity index (χ1n) is 8.57. The lowest BCUT2D eigenvalue weighted by Crippen LogP contribution is -2.51. The fourth-order valence-corrected chi connectivity index (χ4v) is 5.28. The summed E-state index contributed by atoms with van der Waals surface area (Å²) in [7, 11) is 0. The minimum atomic E-state index is 0.430. The zero-order chi connectivity index (χ0) is 15.4. The van der Waals surface area contributed by atoms with E-state index in [0.29, 0.717) is 22.9 Å². The number of hydrogen-bond donors (Lipinski definition) is 1. The van der Waals surface area contributed by atoms with Crippen molar-refractivity contribution in [2.75, 3.05) is 0 Å². The van der Waals surface area contributed by atoms with Crippen molar-refractivity contribution in [1.82, 2.24) is 5.32 Å². The van der Waals surface area contributed by atoms with Gasteiger partial charge in [0.25, 0.3) is 0 Å². The Morgan fingerprint density at radius 1 is 1.19 bits per heavy atom. The van der Waals surface area contributed by atoms with Gasteiger partial charge in [-0.1, -0.05) is 44.5 Å². The molecule has 3 rings (SSSR count). The summed E-state index contributed by atoms with van der Waals surface area (Å²) in [5, 5.41) is 4.03. The molecular weight excluding hydrogens is 254 g/mol. The van der Waals surface area contributed by atoms with Crippen molar-refractivity contribution in [2.45, 2.75) is 72.9 Å². The minimum Gasteiger partial charge on any atom is -0.306 e. The molecule has 0 amide bonds. The Hall–Kier alpha value is -0.820. The standard InChI is InChI=1S/C20H31N/c1-13-7-8-14(2)17(11-13)15(3)21-18-19(4,5)16-9-10-20(18,6)12-16/h7-8,11,15-16,18,21H,9-10,12H2,1-6H3/t15?,16-,18?,20+/m0/s1. The summed E-state index contributed by atoms with van der Waals surface area (Å²) in [6.45, 7) is 14.2. The van der Waals surface area contributed by atoms with Crippen LogP contribution in [-0.4, -0.2) is 6.04 Å². The number of benzene rings is 1. The highest BCUT2D eigenvalue weighted by Crippen LogP contribution is 2.62. The van der Waals surface area contributed by atoms with Gasteiger partial charge in [0.1, 0.15) is 0 Å². The summed E-state index contributed by atoms with van der Waals surface area (Å²) in [6.07, 6.45) is 4.25. The summed E-state index contributed by atoms with van der Waals surface area (Å²) in [4.78, 5) is 0. The predicted molar refractivity (Wildman–Crippen MR) is 90.5 cm³/mol. The zero-order valence-corrected chi connectivity index (χ0v) is 14.6. The molecule has 0 aliphatic heterocycles. The summed E-state index contributed by atoms with van der Waals surface area (Å²) in [5.41, 5.74) is 5.17. The van der Waals surface area contributed by atoms with Crippen LogP contribution in [0.15, 0.2) is 18.2 Å². The van der Waals surface area contributed by atoms with Crippen molar-refractivity contribution in [1.29, 1.82) is 0 Å². The van der Waals surface area contributed by atoms with Gasteiger partial charge in [-0.25, -0.2) is 0 Å². The summed E-state index contributed by atoms with van der Waals surface area (Å²) in [6, 6.07) is 7.91. The molecule has 0 aromatic heterocycles. The first-order valence-corrected chi connectivity index (χ1v) is 8.57. The Kier molecular flexibility index (Phi) is 3.48. The molecule has 4 atom stereocenters. The maximum absolute atomic E-state index is 4.03. The summed E-state index contributed by atoms with van der Waals surface area (Å²) >= 11 is 0. The molecule has 2 unspecified atom stereocenters. The van der Waals surface area contributed by atoms with Crippen LogP contribution in [0.3, 0.4) is 0 Å². The van der Waals surface area contributed by atoms with Crippen LogP contribution in [0.2, 0.25) is 0 Å². The second kappa shape index (κ2) is 4.84. The topological polar surface area (TPSA) is 12.0 Å². The van der Waals surface area contributed by atoms with E-state index in [-0.39, 0.29) is 0 Å². The summed E-state index contributed by atoms with van der Waals surface area (Å²) < 4.78 is 0. The smallest absolute Gasteiger partial charge is 0.0297 e. The minimum absolute atomic E-state index is 0.430. The van der Waals surface area contributed by atoms with Gasteiger partial charge in [0, 0.05) is 12.1 Å². The molecule has 21 heavy (non-hydrogen) atoms. The Morgan fingerprint density at radius 3 is 2.52 bits per heavy atom. The van der Waals surface area contributed by atoms with Gasteiger partial charge in [-0.3, -0.25) is 0 Å². The highest BCUT2D eigenvalue weighted by Gasteiger charge is 2.59. The third-order valence-corrected chi connectivity index (χ3v) is 6.59. The largest absolute Gasteiger partial charge is 0.306 e. The number of rotatable bonds is 3. The van der Waals surface area contributed by atoms with Gasteiger partial charge >= 0.3 is 0 Å². The van der Waals surface area contributed by atoms with Gasteiger partial charge in [0.2, 0.25) is 0 Å². The molecule has 2 bridgehead atoms. The van der Waals surface area contributed by atoms with Gasteiger partial charge in [-0.05, 0) is 67.9 Å². The van der Waals surface area contributed by atoms with E-state index in [2.05, 4.69) is 65.1 Å². The second-order valence-electron chi connectivity index (χ2n) is 8.60. The maximum Gasteiger partial charge on any atom is 0.0297 e. The number of nitrogens with one attached hydrogen (secondary N) is 1. The first-order chi connectivity index (χ1) is 9.74. The lowest BCUT2D eigenvalue weighted by Gasteiger charge is -2.45. The first kappa shape index (κ1) is 15.1. The van der Waals surface area contributed by atoms with Crippen molar-refractivity contribution in [3.63, 3.8) is 0 Å². The molecule has 0 spiro atoms. The van der Waals surface area contributed by atoms with E-state index in [9.17, 15) is 0 Å². The van der Waals surface area contributed by atoms with Gasteiger partial charge in [-0.15, -0.1) is 0 Å². The van der Waals surface area contributed by atoms with Crippen LogP contribution < -0.4 is 5.32 Å². The third-order valence-electron chi connectivity index (χ3n) is 6.59. The van der Waals surface area contributed by atoms with E-state index >= 15 is 0 Å². The molecule has 0 saturated heterocycles. The Morgan fingerprint density at radius 2 is 1.90 bits per heavy atom. The molecule has 2 aliphatic carbocycles. The Bertz CT molecular complexity index is 540. The van der Waals surface area contributed by atoms with Crippen LogP contribution in [0.1, 0.15) is 69.7 Å². The lowest BCUT2D eigenvalue weighted by molar-refractivity contribution is 0.100. The Balaban J connectivity index is 1.84. The van der Waals surface area contributed by atoms with E-state index in [1.807, 2.05) is 0 Å². The monoisotopic (exact) mass is 285 g/mol. The van der Waals surface area contributed by atoms with Crippen molar-refractivity contribution >= 4 is 0 Å². The van der Waals surface area contributed by atoms with E-state index in [1.165, 1.54) is 36.0 Å². The van der Waals surface area contributed by atoms with Crippen LogP contribution in [-0.2, 0) is 0 Å². The van der Waals surface area contributed by atoms with Crippen LogP contribution in [0.4, 0.5) is 0 Å². The molecule has 0 heterocycles. The molecule has 1 nitrogen and oxygen atoms in total. The van der Waals surface area contributed by atoms with Crippen LogP contribution in [0.25, 0.3) is 0 Å². The molecule has 2 saturated carbocycles. The second-order valence-corrected chi connectivity index (χ2v) is 8.60. The molecule has 1 N–H and O–H groups in total. The van der Waals surface area contributed by atoms with Gasteiger partial charge in [-0.2, -0.15) is 0 Å². The molecule has 1 heteroatoms. The number of aryl methyl sites for hydroxylation is 2. The zero-order valence-electron chi connectivity index (χ0n) is 14.6. The van der Waals surface area contributed by atoms with Crippen LogP contribution >= 0.6 is 0 Å². The molecule has 2 aliphatic rings. The SMILES string of the molecule is Cc1ccc(C)c(C(C)NC2C(C)(C)[C@H]3CC[C@]2(C)C3)c1. The number of hydrogen-bond acceptors (Lipinski definition) is 1. The quantitative estimate of drug-likeness (QED) is 0.808. The highest BCUT2D eigenvalue weighted by atomic mass is 15.0. The molecule has 1 aromatic rings. The van der Waals surface area contributed by atoms with Crippen molar-refractivity contribution in [2.24, 2.45) is 16.7 Å². The molecular formula is C20H31N. The van der Waals surface area contributed by atoms with E-state index in [0.717, 1.165) is 5.92 Å². The molecule has 1 aromatic carbocycles. The molecule has 116 valence electrons. The highest BCUT2D eigenvalue weighted by molar-refractivity contribution is 5.33. The average molecular weight is 285 g/mol.